The summed E-state index contributed by atoms with van der Waals surface area (Å²) in [6, 6.07) is 0.585. The molecule has 2 fully saturated rings. The van der Waals surface area contributed by atoms with Crippen LogP contribution in [0.15, 0.2) is 0 Å². The van der Waals surface area contributed by atoms with Gasteiger partial charge in [-0.05, 0) is 32.1 Å². The number of aliphatic hydroxyl groups is 1. The van der Waals surface area contributed by atoms with Crippen LogP contribution in [-0.4, -0.2) is 65.2 Å². The van der Waals surface area contributed by atoms with Gasteiger partial charge in [-0.1, -0.05) is 13.3 Å². The van der Waals surface area contributed by atoms with E-state index in [1.54, 1.807) is 0 Å². The fraction of sp³-hybridized carbons (Fsp3) is 0.938. The topological polar surface area (TPSA) is 69.8 Å². The van der Waals surface area contributed by atoms with Gasteiger partial charge in [-0.15, -0.1) is 24.8 Å². The quantitative estimate of drug-likeness (QED) is 0.772. The lowest BCUT2D eigenvalue weighted by Crippen LogP contribution is -2.56. The Morgan fingerprint density at radius 1 is 1.30 bits per heavy atom. The van der Waals surface area contributed by atoms with Crippen molar-refractivity contribution in [3.8, 4) is 0 Å². The van der Waals surface area contributed by atoms with Crippen LogP contribution >= 0.6 is 24.8 Å². The largest absolute Gasteiger partial charge is 0.392 e. The third-order valence-corrected chi connectivity index (χ3v) is 5.08. The van der Waals surface area contributed by atoms with Crippen molar-refractivity contribution in [2.75, 3.05) is 26.2 Å². The zero-order valence-electron chi connectivity index (χ0n) is 14.3. The summed E-state index contributed by atoms with van der Waals surface area (Å²) < 4.78 is 0. The van der Waals surface area contributed by atoms with Gasteiger partial charge in [-0.2, -0.15) is 0 Å². The standard InChI is InChI=1S/C16H31N3O2.2ClH/c1-3-14-11-19(8-7-18(14)10-12(2)20)16(21)9-13-5-4-6-15(13)17;;/h12-15,20H,3-11,17H2,1-2H3;2*1H/t12?,13-,14?,15+;;/m0../s1. The number of hydrogen-bond acceptors (Lipinski definition) is 4. The van der Waals surface area contributed by atoms with Crippen molar-refractivity contribution in [2.45, 2.75) is 64.1 Å². The van der Waals surface area contributed by atoms with Gasteiger partial charge in [0, 0.05) is 44.7 Å². The van der Waals surface area contributed by atoms with Crippen molar-refractivity contribution >= 4 is 30.7 Å². The molecule has 0 spiro atoms. The molecule has 5 nitrogen and oxygen atoms in total. The Balaban J connectivity index is 0.00000242. The van der Waals surface area contributed by atoms with E-state index in [9.17, 15) is 9.90 Å². The molecule has 23 heavy (non-hydrogen) atoms. The van der Waals surface area contributed by atoms with Crippen LogP contribution in [0.1, 0.15) is 46.0 Å². The minimum Gasteiger partial charge on any atom is -0.392 e. The molecule has 4 atom stereocenters. The van der Waals surface area contributed by atoms with E-state index in [0.717, 1.165) is 38.9 Å². The second kappa shape index (κ2) is 10.7. The molecule has 138 valence electrons. The molecule has 2 aliphatic rings. The third-order valence-electron chi connectivity index (χ3n) is 5.08. The Bertz CT molecular complexity index is 358. The van der Waals surface area contributed by atoms with Crippen molar-refractivity contribution in [3.63, 3.8) is 0 Å². The molecule has 3 N–H and O–H groups in total. The molecule has 1 heterocycles. The summed E-state index contributed by atoms with van der Waals surface area (Å²) in [5.74, 6) is 0.653. The Labute approximate surface area is 152 Å². The Kier molecular flexibility index (Phi) is 10.7. The average Bonchev–Trinajstić information content (AvgIpc) is 2.84. The number of nitrogens with two attached hydrogens (primary N) is 1. The number of β-amino-alcohol motifs (C(OH)–C–C–N with tert-alkyl or cyclic N) is 1. The molecule has 1 saturated heterocycles. The van der Waals surface area contributed by atoms with Gasteiger partial charge in [0.1, 0.15) is 0 Å². The second-order valence-corrected chi connectivity index (χ2v) is 6.80. The van der Waals surface area contributed by atoms with Crippen molar-refractivity contribution < 1.29 is 9.90 Å². The van der Waals surface area contributed by atoms with Crippen LogP contribution in [0, 0.1) is 5.92 Å². The normalized spacial score (nSPS) is 29.6. The molecule has 1 aliphatic carbocycles. The molecule has 1 amide bonds. The molecule has 7 heteroatoms. The molecular formula is C16H33Cl2N3O2. The monoisotopic (exact) mass is 369 g/mol. The van der Waals surface area contributed by atoms with Gasteiger partial charge < -0.3 is 15.7 Å². The highest BCUT2D eigenvalue weighted by atomic mass is 35.5. The molecule has 0 aromatic carbocycles. The molecule has 2 rings (SSSR count). The van der Waals surface area contributed by atoms with E-state index in [1.807, 2.05) is 11.8 Å². The van der Waals surface area contributed by atoms with Crippen LogP contribution in [0.25, 0.3) is 0 Å². The first-order chi connectivity index (χ1) is 10.0. The van der Waals surface area contributed by atoms with E-state index in [1.165, 1.54) is 6.42 Å². The lowest BCUT2D eigenvalue weighted by molar-refractivity contribution is -0.135. The highest BCUT2D eigenvalue weighted by molar-refractivity contribution is 5.85. The van der Waals surface area contributed by atoms with Gasteiger partial charge in [0.05, 0.1) is 6.10 Å². The summed E-state index contributed by atoms with van der Waals surface area (Å²) in [6.45, 7) is 7.13. The number of hydrogen-bond donors (Lipinski definition) is 2. The van der Waals surface area contributed by atoms with Crippen LogP contribution < -0.4 is 5.73 Å². The molecule has 0 radical (unpaired) electrons. The van der Waals surface area contributed by atoms with E-state index in [4.69, 9.17) is 5.73 Å². The summed E-state index contributed by atoms with van der Waals surface area (Å²) in [7, 11) is 0. The predicted octanol–water partition coefficient (Wildman–Crippen LogP) is 1.65. The maximum Gasteiger partial charge on any atom is 0.223 e. The SMILES string of the molecule is CCC1CN(C(=O)C[C@@H]2CCC[C@H]2N)CCN1CC(C)O.Cl.Cl. The van der Waals surface area contributed by atoms with Crippen LogP contribution in [0.3, 0.4) is 0 Å². The van der Waals surface area contributed by atoms with E-state index in [2.05, 4.69) is 11.8 Å². The number of carbonyl (C=O) groups is 1. The first-order valence-corrected chi connectivity index (χ1v) is 8.46. The van der Waals surface area contributed by atoms with E-state index in [0.29, 0.717) is 24.9 Å². The number of rotatable bonds is 5. The van der Waals surface area contributed by atoms with Gasteiger partial charge in [-0.25, -0.2) is 0 Å². The number of halogens is 2. The van der Waals surface area contributed by atoms with Crippen molar-refractivity contribution in [2.24, 2.45) is 11.7 Å². The molecular weight excluding hydrogens is 337 g/mol. The fourth-order valence-corrected chi connectivity index (χ4v) is 3.76. The number of nitrogens with zero attached hydrogens (tertiary/aromatic N) is 2. The average molecular weight is 370 g/mol. The summed E-state index contributed by atoms with van der Waals surface area (Å²) in [6.07, 6.45) is 4.66. The van der Waals surface area contributed by atoms with Gasteiger partial charge in [0.15, 0.2) is 0 Å². The van der Waals surface area contributed by atoms with Gasteiger partial charge in [0.2, 0.25) is 5.91 Å². The number of piperazine rings is 1. The Hall–Kier alpha value is -0.0700. The molecule has 0 aromatic rings. The van der Waals surface area contributed by atoms with Crippen LogP contribution in [-0.2, 0) is 4.79 Å². The zero-order chi connectivity index (χ0) is 15.4. The molecule has 1 aliphatic heterocycles. The van der Waals surface area contributed by atoms with Gasteiger partial charge >= 0.3 is 0 Å². The third kappa shape index (κ3) is 6.39. The van der Waals surface area contributed by atoms with E-state index >= 15 is 0 Å². The molecule has 1 saturated carbocycles. The Morgan fingerprint density at radius 2 is 2.00 bits per heavy atom. The molecule has 0 bridgehead atoms. The fourth-order valence-electron chi connectivity index (χ4n) is 3.76. The lowest BCUT2D eigenvalue weighted by Gasteiger charge is -2.42. The minimum absolute atomic E-state index is 0. The van der Waals surface area contributed by atoms with Crippen LogP contribution in [0.4, 0.5) is 0 Å². The predicted molar refractivity (Wildman–Crippen MR) is 98.3 cm³/mol. The van der Waals surface area contributed by atoms with E-state index < -0.39 is 0 Å². The smallest absolute Gasteiger partial charge is 0.223 e. The van der Waals surface area contributed by atoms with Crippen LogP contribution in [0.2, 0.25) is 0 Å². The summed E-state index contributed by atoms with van der Waals surface area (Å²) in [5, 5.41) is 9.58. The summed E-state index contributed by atoms with van der Waals surface area (Å²) in [4.78, 5) is 16.8. The van der Waals surface area contributed by atoms with Gasteiger partial charge in [-0.3, -0.25) is 9.69 Å². The first-order valence-electron chi connectivity index (χ1n) is 8.46. The zero-order valence-corrected chi connectivity index (χ0v) is 16.0. The molecule has 0 aromatic heterocycles. The van der Waals surface area contributed by atoms with Crippen molar-refractivity contribution in [3.05, 3.63) is 0 Å². The maximum absolute atomic E-state index is 12.5. The summed E-state index contributed by atoms with van der Waals surface area (Å²) >= 11 is 0. The highest BCUT2D eigenvalue weighted by Crippen LogP contribution is 2.28. The van der Waals surface area contributed by atoms with Crippen molar-refractivity contribution in [1.82, 2.24) is 9.80 Å². The number of carbonyl (C=O) groups excluding carboxylic acids is 1. The lowest BCUT2D eigenvalue weighted by atomic mass is 9.98. The highest BCUT2D eigenvalue weighted by Gasteiger charge is 2.32. The van der Waals surface area contributed by atoms with Crippen molar-refractivity contribution in [1.29, 1.82) is 0 Å². The van der Waals surface area contributed by atoms with E-state index in [-0.39, 0.29) is 42.9 Å². The van der Waals surface area contributed by atoms with Crippen LogP contribution in [0.5, 0.6) is 0 Å². The van der Waals surface area contributed by atoms with Gasteiger partial charge in [0.25, 0.3) is 0 Å². The number of amides is 1. The Morgan fingerprint density at radius 3 is 2.52 bits per heavy atom. The minimum atomic E-state index is -0.308. The maximum atomic E-state index is 12.5. The number of aliphatic hydroxyl groups excluding tert-OH is 1. The summed E-state index contributed by atoms with van der Waals surface area (Å²) in [5.41, 5.74) is 6.08. The second-order valence-electron chi connectivity index (χ2n) is 6.80. The molecule has 2 unspecified atom stereocenters. The first kappa shape index (κ1) is 22.9.